The van der Waals surface area contributed by atoms with E-state index < -0.39 is 0 Å². The Balaban J connectivity index is 2.32. The molecule has 1 saturated heterocycles. The van der Waals surface area contributed by atoms with Gasteiger partial charge in [-0.05, 0) is 31.7 Å². The molecule has 0 amide bonds. The molecule has 3 heteroatoms. The van der Waals surface area contributed by atoms with E-state index in [9.17, 15) is 4.79 Å². The Morgan fingerprint density at radius 1 is 1.53 bits per heavy atom. The third-order valence-electron chi connectivity index (χ3n) is 3.16. The predicted molar refractivity (Wildman–Crippen MR) is 60.7 cm³/mol. The number of hydrogen-bond donors (Lipinski definition) is 1. The fourth-order valence-electron chi connectivity index (χ4n) is 2.12. The second kappa shape index (κ2) is 6.23. The Kier molecular flexibility index (Phi) is 5.26. The van der Waals surface area contributed by atoms with E-state index in [-0.39, 0.29) is 12.5 Å². The van der Waals surface area contributed by atoms with E-state index in [1.807, 2.05) is 13.8 Å². The summed E-state index contributed by atoms with van der Waals surface area (Å²) in [6.45, 7) is 6.81. The molecule has 0 saturated carbocycles. The quantitative estimate of drug-likeness (QED) is 0.748. The van der Waals surface area contributed by atoms with Gasteiger partial charge in [0.25, 0.3) is 0 Å². The molecule has 1 aliphatic rings. The van der Waals surface area contributed by atoms with Crippen LogP contribution < -0.4 is 0 Å². The van der Waals surface area contributed by atoms with E-state index >= 15 is 0 Å². The Morgan fingerprint density at radius 3 is 2.87 bits per heavy atom. The first-order chi connectivity index (χ1) is 7.13. The van der Waals surface area contributed by atoms with Crippen LogP contribution in [0.3, 0.4) is 0 Å². The van der Waals surface area contributed by atoms with Gasteiger partial charge in [-0.25, -0.2) is 0 Å². The molecule has 1 N–H and O–H groups in total. The van der Waals surface area contributed by atoms with Crippen molar-refractivity contribution >= 4 is 5.78 Å². The second-order valence-electron chi connectivity index (χ2n) is 4.88. The number of Topliss-reactive ketones (excluding diaryl/α,β-unsaturated/α-hetero) is 1. The Bertz CT molecular complexity index is 202. The lowest BCUT2D eigenvalue weighted by atomic mass is 9.94. The number of ketones is 1. The molecule has 1 fully saturated rings. The number of likely N-dealkylation sites (tertiary alicyclic amines) is 1. The summed E-state index contributed by atoms with van der Waals surface area (Å²) in [6, 6.07) is 0. The van der Waals surface area contributed by atoms with Crippen LogP contribution in [0.4, 0.5) is 0 Å². The standard InChI is InChI=1S/C12H23NO2/c1-10(2)12(15)9-13-6-3-4-11(8-13)5-7-14/h10-11,14H,3-9H2,1-2H3. The van der Waals surface area contributed by atoms with E-state index in [1.54, 1.807) is 0 Å². The van der Waals surface area contributed by atoms with Crippen molar-refractivity contribution < 1.29 is 9.90 Å². The highest BCUT2D eigenvalue weighted by Crippen LogP contribution is 2.19. The van der Waals surface area contributed by atoms with E-state index in [0.717, 1.165) is 25.9 Å². The van der Waals surface area contributed by atoms with Crippen LogP contribution in [-0.2, 0) is 4.79 Å². The number of aliphatic hydroxyl groups excluding tert-OH is 1. The highest BCUT2D eigenvalue weighted by Gasteiger charge is 2.21. The first-order valence-electron chi connectivity index (χ1n) is 5.99. The molecule has 0 aromatic rings. The Labute approximate surface area is 92.5 Å². The van der Waals surface area contributed by atoms with Crippen molar-refractivity contribution in [3.63, 3.8) is 0 Å². The van der Waals surface area contributed by atoms with E-state index in [4.69, 9.17) is 5.11 Å². The van der Waals surface area contributed by atoms with Gasteiger partial charge in [-0.1, -0.05) is 13.8 Å². The maximum absolute atomic E-state index is 11.6. The molecule has 1 heterocycles. The highest BCUT2D eigenvalue weighted by molar-refractivity contribution is 5.82. The monoisotopic (exact) mass is 213 g/mol. The van der Waals surface area contributed by atoms with Crippen molar-refractivity contribution in [2.75, 3.05) is 26.2 Å². The lowest BCUT2D eigenvalue weighted by molar-refractivity contribution is -0.123. The molecular formula is C12H23NO2. The van der Waals surface area contributed by atoms with Crippen LogP contribution in [0.1, 0.15) is 33.1 Å². The summed E-state index contributed by atoms with van der Waals surface area (Å²) in [6.07, 6.45) is 3.25. The van der Waals surface area contributed by atoms with Gasteiger partial charge in [0.1, 0.15) is 5.78 Å². The summed E-state index contributed by atoms with van der Waals surface area (Å²) >= 11 is 0. The molecular weight excluding hydrogens is 190 g/mol. The van der Waals surface area contributed by atoms with Gasteiger partial charge in [0.2, 0.25) is 0 Å². The average molecular weight is 213 g/mol. The molecule has 1 unspecified atom stereocenters. The van der Waals surface area contributed by atoms with E-state index in [1.165, 1.54) is 6.42 Å². The fourth-order valence-corrected chi connectivity index (χ4v) is 2.12. The zero-order valence-electron chi connectivity index (χ0n) is 9.91. The molecule has 0 aromatic heterocycles. The van der Waals surface area contributed by atoms with E-state index in [0.29, 0.717) is 18.2 Å². The number of rotatable bonds is 5. The number of carbonyl (C=O) groups excluding carboxylic acids is 1. The molecule has 15 heavy (non-hydrogen) atoms. The molecule has 1 atom stereocenters. The maximum atomic E-state index is 11.6. The van der Waals surface area contributed by atoms with Crippen molar-refractivity contribution in [2.24, 2.45) is 11.8 Å². The minimum atomic E-state index is 0.142. The summed E-state index contributed by atoms with van der Waals surface area (Å²) in [5.41, 5.74) is 0. The van der Waals surface area contributed by atoms with Gasteiger partial charge in [-0.3, -0.25) is 9.69 Å². The van der Waals surface area contributed by atoms with Crippen LogP contribution in [0.5, 0.6) is 0 Å². The summed E-state index contributed by atoms with van der Waals surface area (Å²) < 4.78 is 0. The van der Waals surface area contributed by atoms with Crippen LogP contribution in [0.15, 0.2) is 0 Å². The first-order valence-corrected chi connectivity index (χ1v) is 5.99. The van der Waals surface area contributed by atoms with Gasteiger partial charge < -0.3 is 5.11 Å². The maximum Gasteiger partial charge on any atom is 0.149 e. The minimum absolute atomic E-state index is 0.142. The molecule has 0 bridgehead atoms. The van der Waals surface area contributed by atoms with Crippen LogP contribution in [-0.4, -0.2) is 42.0 Å². The van der Waals surface area contributed by atoms with Gasteiger partial charge >= 0.3 is 0 Å². The highest BCUT2D eigenvalue weighted by atomic mass is 16.3. The van der Waals surface area contributed by atoms with Gasteiger partial charge in [0.05, 0.1) is 6.54 Å². The van der Waals surface area contributed by atoms with Crippen molar-refractivity contribution in [1.29, 1.82) is 0 Å². The molecule has 0 spiro atoms. The van der Waals surface area contributed by atoms with Gasteiger partial charge in [-0.15, -0.1) is 0 Å². The zero-order valence-corrected chi connectivity index (χ0v) is 9.91. The third kappa shape index (κ3) is 4.31. The molecule has 0 aromatic carbocycles. The van der Waals surface area contributed by atoms with Crippen molar-refractivity contribution in [2.45, 2.75) is 33.1 Å². The summed E-state index contributed by atoms with van der Waals surface area (Å²) in [7, 11) is 0. The Morgan fingerprint density at radius 2 is 2.27 bits per heavy atom. The second-order valence-corrected chi connectivity index (χ2v) is 4.88. The first kappa shape index (κ1) is 12.7. The largest absolute Gasteiger partial charge is 0.396 e. The summed E-state index contributed by atoms with van der Waals surface area (Å²) in [4.78, 5) is 13.8. The van der Waals surface area contributed by atoms with Crippen LogP contribution in [0.2, 0.25) is 0 Å². The molecule has 88 valence electrons. The van der Waals surface area contributed by atoms with Crippen molar-refractivity contribution in [3.05, 3.63) is 0 Å². The summed E-state index contributed by atoms with van der Waals surface area (Å²) in [5, 5.41) is 8.89. The third-order valence-corrected chi connectivity index (χ3v) is 3.16. The fraction of sp³-hybridized carbons (Fsp3) is 0.917. The van der Waals surface area contributed by atoms with Gasteiger partial charge in [0, 0.05) is 19.1 Å². The number of hydrogen-bond acceptors (Lipinski definition) is 3. The smallest absolute Gasteiger partial charge is 0.149 e. The molecule has 1 rings (SSSR count). The van der Waals surface area contributed by atoms with Gasteiger partial charge in [-0.2, -0.15) is 0 Å². The lowest BCUT2D eigenvalue weighted by Gasteiger charge is -2.32. The normalized spacial score (nSPS) is 23.3. The van der Waals surface area contributed by atoms with Crippen LogP contribution in [0.25, 0.3) is 0 Å². The molecule has 0 aliphatic carbocycles. The predicted octanol–water partition coefficient (Wildman–Crippen LogP) is 1.31. The minimum Gasteiger partial charge on any atom is -0.396 e. The van der Waals surface area contributed by atoms with Crippen LogP contribution in [0, 0.1) is 11.8 Å². The van der Waals surface area contributed by atoms with E-state index in [2.05, 4.69) is 4.90 Å². The number of nitrogens with zero attached hydrogens (tertiary/aromatic N) is 1. The Hall–Kier alpha value is -0.410. The number of piperidine rings is 1. The lowest BCUT2D eigenvalue weighted by Crippen LogP contribution is -2.40. The van der Waals surface area contributed by atoms with Crippen molar-refractivity contribution in [1.82, 2.24) is 4.90 Å². The molecule has 0 radical (unpaired) electrons. The zero-order chi connectivity index (χ0) is 11.3. The SMILES string of the molecule is CC(C)C(=O)CN1CCCC(CCO)C1. The average Bonchev–Trinajstić information content (AvgIpc) is 2.18. The number of aliphatic hydroxyl groups is 1. The molecule has 3 nitrogen and oxygen atoms in total. The van der Waals surface area contributed by atoms with Gasteiger partial charge in [0.15, 0.2) is 0 Å². The number of carbonyl (C=O) groups is 1. The topological polar surface area (TPSA) is 40.5 Å². The van der Waals surface area contributed by atoms with Crippen molar-refractivity contribution in [3.8, 4) is 0 Å². The molecule has 1 aliphatic heterocycles. The van der Waals surface area contributed by atoms with Crippen LogP contribution >= 0.6 is 0 Å². The summed E-state index contributed by atoms with van der Waals surface area (Å²) in [5.74, 6) is 1.06.